The highest BCUT2D eigenvalue weighted by Gasteiger charge is 2.18. The number of anilines is 1. The van der Waals surface area contributed by atoms with Crippen molar-refractivity contribution in [3.8, 4) is 11.3 Å². The van der Waals surface area contributed by atoms with Crippen LogP contribution in [0.3, 0.4) is 0 Å². The molecule has 3 heteroatoms. The second-order valence-electron chi connectivity index (χ2n) is 7.30. The monoisotopic (exact) mass is 307 g/mol. The lowest BCUT2D eigenvalue weighted by Crippen LogP contribution is -2.22. The third-order valence-electron chi connectivity index (χ3n) is 4.02. The molecule has 3 nitrogen and oxygen atoms in total. The first-order valence-corrected chi connectivity index (χ1v) is 8.33. The first-order valence-electron chi connectivity index (χ1n) is 8.33. The third-order valence-corrected chi connectivity index (χ3v) is 4.02. The smallest absolute Gasteiger partial charge is 0.0815 e. The van der Waals surface area contributed by atoms with E-state index in [0.29, 0.717) is 6.04 Å². The van der Waals surface area contributed by atoms with Gasteiger partial charge in [0, 0.05) is 23.5 Å². The summed E-state index contributed by atoms with van der Waals surface area (Å²) >= 11 is 0. The van der Waals surface area contributed by atoms with Crippen molar-refractivity contribution in [3.05, 3.63) is 47.7 Å². The molecule has 0 saturated carbocycles. The van der Waals surface area contributed by atoms with Gasteiger partial charge < -0.3 is 5.32 Å². The summed E-state index contributed by atoms with van der Waals surface area (Å²) in [6, 6.07) is 13.1. The molecule has 0 amide bonds. The van der Waals surface area contributed by atoms with Crippen molar-refractivity contribution in [2.75, 3.05) is 5.32 Å². The first-order chi connectivity index (χ1) is 10.9. The van der Waals surface area contributed by atoms with Crippen LogP contribution in [-0.2, 0) is 6.42 Å². The summed E-state index contributed by atoms with van der Waals surface area (Å²) < 4.78 is 0. The Labute approximate surface area is 138 Å². The molecule has 0 radical (unpaired) electrons. The number of aromatic nitrogens is 1. The lowest BCUT2D eigenvalue weighted by molar-refractivity contribution is 0.586. The fourth-order valence-corrected chi connectivity index (χ4v) is 2.82. The van der Waals surface area contributed by atoms with E-state index in [1.807, 2.05) is 12.3 Å². The number of hydrogen-bond acceptors (Lipinski definition) is 3. The highest BCUT2D eigenvalue weighted by Crippen LogP contribution is 2.34. The quantitative estimate of drug-likeness (QED) is 0.816. The SMILES string of the molecule is CC1CCc2cccc(-c3cccc(/C=N/C(C)(C)C)n3)c2N1. The second-order valence-corrected chi connectivity index (χ2v) is 7.30. The van der Waals surface area contributed by atoms with Crippen LogP contribution in [0.2, 0.25) is 0 Å². The molecule has 1 aliphatic heterocycles. The number of pyridine rings is 1. The molecule has 1 N–H and O–H groups in total. The zero-order chi connectivity index (χ0) is 16.4. The van der Waals surface area contributed by atoms with Crippen LogP contribution in [0.5, 0.6) is 0 Å². The normalized spacial score (nSPS) is 17.8. The minimum Gasteiger partial charge on any atom is -0.382 e. The standard InChI is InChI=1S/C20H25N3/c1-14-11-12-15-7-5-9-17(19(15)22-14)18-10-6-8-16(23-18)13-21-20(2,3)4/h5-10,13-14,22H,11-12H2,1-4H3/b21-13+. The van der Waals surface area contributed by atoms with E-state index in [1.54, 1.807) is 0 Å². The molecule has 1 aromatic heterocycles. The lowest BCUT2D eigenvalue weighted by Gasteiger charge is -2.26. The summed E-state index contributed by atoms with van der Waals surface area (Å²) in [4.78, 5) is 9.35. The van der Waals surface area contributed by atoms with Gasteiger partial charge in [-0.15, -0.1) is 0 Å². The maximum atomic E-state index is 4.79. The summed E-state index contributed by atoms with van der Waals surface area (Å²) in [7, 11) is 0. The molecule has 1 unspecified atom stereocenters. The first kappa shape index (κ1) is 15.7. The van der Waals surface area contributed by atoms with Gasteiger partial charge in [-0.3, -0.25) is 4.99 Å². The van der Waals surface area contributed by atoms with Crippen molar-refractivity contribution in [2.24, 2.45) is 4.99 Å². The average molecular weight is 307 g/mol. The number of aryl methyl sites for hydroxylation is 1. The number of hydrogen-bond donors (Lipinski definition) is 1. The van der Waals surface area contributed by atoms with Gasteiger partial charge in [-0.1, -0.05) is 24.3 Å². The van der Waals surface area contributed by atoms with E-state index in [9.17, 15) is 0 Å². The molecule has 1 aliphatic rings. The maximum Gasteiger partial charge on any atom is 0.0815 e. The van der Waals surface area contributed by atoms with E-state index < -0.39 is 0 Å². The molecule has 23 heavy (non-hydrogen) atoms. The molecule has 0 saturated heterocycles. The Morgan fingerprint density at radius 2 is 1.96 bits per heavy atom. The van der Waals surface area contributed by atoms with Gasteiger partial charge in [0.1, 0.15) is 0 Å². The molecular weight excluding hydrogens is 282 g/mol. The number of benzene rings is 1. The molecule has 1 atom stereocenters. The van der Waals surface area contributed by atoms with Crippen LogP contribution < -0.4 is 5.32 Å². The van der Waals surface area contributed by atoms with Crippen molar-refractivity contribution in [3.63, 3.8) is 0 Å². The minimum atomic E-state index is -0.0828. The van der Waals surface area contributed by atoms with Crippen LogP contribution in [0.1, 0.15) is 45.4 Å². The van der Waals surface area contributed by atoms with Crippen LogP contribution in [-0.4, -0.2) is 22.8 Å². The van der Waals surface area contributed by atoms with Gasteiger partial charge >= 0.3 is 0 Å². The Hall–Kier alpha value is -2.16. The number of fused-ring (bicyclic) bond motifs is 1. The molecule has 1 aromatic carbocycles. The molecular formula is C20H25N3. The zero-order valence-corrected chi connectivity index (χ0v) is 14.4. The van der Waals surface area contributed by atoms with Gasteiger partial charge in [0.15, 0.2) is 0 Å². The molecule has 120 valence electrons. The number of nitrogens with one attached hydrogen (secondary N) is 1. The summed E-state index contributed by atoms with van der Waals surface area (Å²) in [6.07, 6.45) is 4.18. The van der Waals surface area contributed by atoms with E-state index in [-0.39, 0.29) is 5.54 Å². The van der Waals surface area contributed by atoms with Crippen LogP contribution in [0.4, 0.5) is 5.69 Å². The van der Waals surface area contributed by atoms with Crippen molar-refractivity contribution < 1.29 is 0 Å². The lowest BCUT2D eigenvalue weighted by atomic mass is 9.94. The van der Waals surface area contributed by atoms with E-state index >= 15 is 0 Å². The Bertz CT molecular complexity index is 726. The van der Waals surface area contributed by atoms with Crippen molar-refractivity contribution in [1.29, 1.82) is 0 Å². The Morgan fingerprint density at radius 1 is 1.17 bits per heavy atom. The van der Waals surface area contributed by atoms with Crippen LogP contribution >= 0.6 is 0 Å². The van der Waals surface area contributed by atoms with Gasteiger partial charge in [0.25, 0.3) is 0 Å². The van der Waals surface area contributed by atoms with Crippen molar-refractivity contribution >= 4 is 11.9 Å². The van der Waals surface area contributed by atoms with Crippen molar-refractivity contribution in [1.82, 2.24) is 4.98 Å². The van der Waals surface area contributed by atoms with Crippen LogP contribution in [0.25, 0.3) is 11.3 Å². The number of aliphatic imine (C=N–C) groups is 1. The van der Waals surface area contributed by atoms with E-state index in [1.165, 1.54) is 23.2 Å². The molecule has 2 heterocycles. The number of rotatable bonds is 2. The number of para-hydroxylation sites is 1. The molecule has 0 fully saturated rings. The minimum absolute atomic E-state index is 0.0828. The second kappa shape index (κ2) is 6.15. The van der Waals surface area contributed by atoms with Crippen molar-refractivity contribution in [2.45, 2.75) is 52.1 Å². The third kappa shape index (κ3) is 3.79. The van der Waals surface area contributed by atoms with Gasteiger partial charge in [0.2, 0.25) is 0 Å². The molecule has 0 bridgehead atoms. The van der Waals surface area contributed by atoms with Gasteiger partial charge in [-0.2, -0.15) is 0 Å². The van der Waals surface area contributed by atoms with Gasteiger partial charge in [-0.05, 0) is 58.2 Å². The predicted molar refractivity (Wildman–Crippen MR) is 98.4 cm³/mol. The average Bonchev–Trinajstić information content (AvgIpc) is 2.52. The molecule has 0 aliphatic carbocycles. The summed E-state index contributed by atoms with van der Waals surface area (Å²) in [6.45, 7) is 8.50. The Morgan fingerprint density at radius 3 is 2.74 bits per heavy atom. The molecule has 0 spiro atoms. The fraction of sp³-hybridized carbons (Fsp3) is 0.400. The summed E-state index contributed by atoms with van der Waals surface area (Å²) in [5.41, 5.74) is 5.63. The Kier molecular flexibility index (Phi) is 4.20. The molecule has 3 rings (SSSR count). The molecule has 2 aromatic rings. The van der Waals surface area contributed by atoms with Crippen LogP contribution in [0, 0.1) is 0 Å². The maximum absolute atomic E-state index is 4.79. The largest absolute Gasteiger partial charge is 0.382 e. The fourth-order valence-electron chi connectivity index (χ4n) is 2.82. The predicted octanol–water partition coefficient (Wildman–Crippen LogP) is 4.71. The van der Waals surface area contributed by atoms with E-state index in [2.05, 4.69) is 68.3 Å². The van der Waals surface area contributed by atoms with Gasteiger partial charge in [0.05, 0.1) is 16.9 Å². The highest BCUT2D eigenvalue weighted by atomic mass is 14.9. The summed E-state index contributed by atoms with van der Waals surface area (Å²) in [5, 5.41) is 3.63. The van der Waals surface area contributed by atoms with Crippen LogP contribution in [0.15, 0.2) is 41.4 Å². The van der Waals surface area contributed by atoms with Gasteiger partial charge in [-0.25, -0.2) is 4.98 Å². The topological polar surface area (TPSA) is 37.3 Å². The number of nitrogens with zero attached hydrogens (tertiary/aromatic N) is 2. The zero-order valence-electron chi connectivity index (χ0n) is 14.4. The van der Waals surface area contributed by atoms with E-state index in [4.69, 9.17) is 4.98 Å². The van der Waals surface area contributed by atoms with E-state index in [0.717, 1.165) is 17.8 Å². The summed E-state index contributed by atoms with van der Waals surface area (Å²) in [5.74, 6) is 0. The highest BCUT2D eigenvalue weighted by molar-refractivity contribution is 5.82. The Balaban J connectivity index is 1.99.